The van der Waals surface area contributed by atoms with Crippen molar-refractivity contribution in [1.82, 2.24) is 0 Å². The molecule has 4 aliphatic carbocycles. The Morgan fingerprint density at radius 2 is 1.28 bits per heavy atom. The third kappa shape index (κ3) is 4.21. The Morgan fingerprint density at radius 3 is 1.93 bits per heavy atom. The summed E-state index contributed by atoms with van der Waals surface area (Å²) in [7, 11) is 0. The van der Waals surface area contributed by atoms with Gasteiger partial charge in [-0.25, -0.2) is 4.39 Å². The quantitative estimate of drug-likeness (QED) is 0.460. The van der Waals surface area contributed by atoms with E-state index in [9.17, 15) is 4.39 Å². The van der Waals surface area contributed by atoms with E-state index in [0.29, 0.717) is 0 Å². The molecule has 0 heterocycles. The Labute approximate surface area is 177 Å². The summed E-state index contributed by atoms with van der Waals surface area (Å²) >= 11 is 0. The first-order valence-electron chi connectivity index (χ1n) is 12.6. The van der Waals surface area contributed by atoms with Crippen LogP contribution < -0.4 is 0 Å². The van der Waals surface area contributed by atoms with Crippen LogP contribution in [-0.4, -0.2) is 0 Å². The second-order valence-corrected chi connectivity index (χ2v) is 11.0. The molecule has 158 valence electrons. The van der Waals surface area contributed by atoms with Gasteiger partial charge in [0.05, 0.1) is 0 Å². The van der Waals surface area contributed by atoms with Crippen molar-refractivity contribution in [1.29, 1.82) is 0 Å². The zero-order chi connectivity index (χ0) is 19.8. The SMILES string of the molecule is C=CC1CCC(C2CCC3CC(C4CCc5cc(F)ccc5C4)CCC3C2)CC1. The molecule has 0 saturated heterocycles. The smallest absolute Gasteiger partial charge is 0.123 e. The third-order valence-corrected chi connectivity index (χ3v) is 9.61. The fourth-order valence-corrected chi connectivity index (χ4v) is 7.82. The third-order valence-electron chi connectivity index (χ3n) is 9.61. The number of fused-ring (bicyclic) bond motifs is 2. The summed E-state index contributed by atoms with van der Waals surface area (Å²) in [6, 6.07) is 5.52. The maximum atomic E-state index is 13.5. The molecule has 1 heteroatoms. The number of benzene rings is 1. The van der Waals surface area contributed by atoms with Crippen molar-refractivity contribution in [2.75, 3.05) is 0 Å². The molecule has 3 fully saturated rings. The van der Waals surface area contributed by atoms with Crippen molar-refractivity contribution in [2.24, 2.45) is 41.4 Å². The maximum Gasteiger partial charge on any atom is 0.123 e. The van der Waals surface area contributed by atoms with Gasteiger partial charge in [0.2, 0.25) is 0 Å². The average molecular weight is 395 g/mol. The molecule has 0 aromatic heterocycles. The predicted molar refractivity (Wildman–Crippen MR) is 119 cm³/mol. The van der Waals surface area contributed by atoms with Gasteiger partial charge in [0.25, 0.3) is 0 Å². The number of allylic oxidation sites excluding steroid dienone is 1. The van der Waals surface area contributed by atoms with Crippen molar-refractivity contribution >= 4 is 0 Å². The van der Waals surface area contributed by atoms with Gasteiger partial charge in [-0.1, -0.05) is 12.1 Å². The van der Waals surface area contributed by atoms with E-state index in [1.807, 2.05) is 0 Å². The second-order valence-electron chi connectivity index (χ2n) is 11.0. The fourth-order valence-electron chi connectivity index (χ4n) is 7.82. The van der Waals surface area contributed by atoms with Crippen molar-refractivity contribution < 1.29 is 4.39 Å². The maximum absolute atomic E-state index is 13.5. The molecule has 0 bridgehead atoms. The molecule has 0 radical (unpaired) electrons. The summed E-state index contributed by atoms with van der Waals surface area (Å²) in [5.74, 6) is 6.58. The zero-order valence-corrected chi connectivity index (χ0v) is 18.1. The molecule has 5 unspecified atom stereocenters. The molecule has 1 aromatic rings. The number of hydrogen-bond donors (Lipinski definition) is 0. The molecule has 0 spiro atoms. The lowest BCUT2D eigenvalue weighted by molar-refractivity contribution is 0.0460. The highest BCUT2D eigenvalue weighted by Crippen LogP contribution is 2.51. The Kier molecular flexibility index (Phi) is 5.85. The van der Waals surface area contributed by atoms with E-state index in [1.54, 1.807) is 12.1 Å². The largest absolute Gasteiger partial charge is 0.207 e. The molecule has 5 rings (SSSR count). The highest BCUT2D eigenvalue weighted by atomic mass is 19.1. The second kappa shape index (κ2) is 8.56. The normalized spacial score (nSPS) is 40.0. The number of halogens is 1. The van der Waals surface area contributed by atoms with Crippen LogP contribution in [0.4, 0.5) is 4.39 Å². The lowest BCUT2D eigenvalue weighted by Crippen LogP contribution is -2.37. The van der Waals surface area contributed by atoms with Gasteiger partial charge in [-0.15, -0.1) is 6.58 Å². The molecular weight excluding hydrogens is 355 g/mol. The predicted octanol–water partition coefficient (Wildman–Crippen LogP) is 7.76. The van der Waals surface area contributed by atoms with Crippen LogP contribution in [0, 0.1) is 47.2 Å². The van der Waals surface area contributed by atoms with Gasteiger partial charge in [0.1, 0.15) is 5.82 Å². The van der Waals surface area contributed by atoms with Crippen LogP contribution in [0.25, 0.3) is 0 Å². The van der Waals surface area contributed by atoms with Crippen LogP contribution in [-0.2, 0) is 12.8 Å². The van der Waals surface area contributed by atoms with Crippen molar-refractivity contribution in [3.05, 3.63) is 47.8 Å². The van der Waals surface area contributed by atoms with Gasteiger partial charge in [-0.3, -0.25) is 0 Å². The Morgan fingerprint density at radius 1 is 0.690 bits per heavy atom. The van der Waals surface area contributed by atoms with E-state index >= 15 is 0 Å². The Balaban J connectivity index is 1.15. The molecule has 5 atom stereocenters. The highest BCUT2D eigenvalue weighted by Gasteiger charge is 2.40. The minimum Gasteiger partial charge on any atom is -0.207 e. The van der Waals surface area contributed by atoms with E-state index in [4.69, 9.17) is 0 Å². The average Bonchev–Trinajstić information content (AvgIpc) is 2.78. The van der Waals surface area contributed by atoms with Gasteiger partial charge in [0.15, 0.2) is 0 Å². The van der Waals surface area contributed by atoms with Gasteiger partial charge in [0, 0.05) is 0 Å². The molecule has 0 N–H and O–H groups in total. The van der Waals surface area contributed by atoms with E-state index in [-0.39, 0.29) is 5.82 Å². The standard InChI is InChI=1S/C28H39F/c1-2-19-3-5-20(6-4-19)21-7-8-23-16-24(10-9-22(23)15-21)25-11-12-27-18-28(29)14-13-26(27)17-25/h2,13-14,18-25H,1,3-12,15-17H2. The summed E-state index contributed by atoms with van der Waals surface area (Å²) in [5.41, 5.74) is 2.71. The minimum atomic E-state index is -0.0579. The summed E-state index contributed by atoms with van der Waals surface area (Å²) in [4.78, 5) is 0. The Hall–Kier alpha value is -1.11. The minimum absolute atomic E-state index is 0.0579. The van der Waals surface area contributed by atoms with Gasteiger partial charge < -0.3 is 0 Å². The number of aryl methyl sites for hydroxylation is 1. The van der Waals surface area contributed by atoms with E-state index in [1.165, 1.54) is 88.2 Å². The first-order valence-corrected chi connectivity index (χ1v) is 12.6. The van der Waals surface area contributed by atoms with E-state index in [2.05, 4.69) is 18.7 Å². The molecule has 4 aliphatic rings. The molecule has 29 heavy (non-hydrogen) atoms. The lowest BCUT2D eigenvalue weighted by atomic mass is 9.59. The monoisotopic (exact) mass is 394 g/mol. The molecule has 3 saturated carbocycles. The summed E-state index contributed by atoms with van der Waals surface area (Å²) in [6.07, 6.45) is 20.5. The van der Waals surface area contributed by atoms with Gasteiger partial charge in [-0.2, -0.15) is 0 Å². The van der Waals surface area contributed by atoms with Crippen LogP contribution in [0.1, 0.15) is 81.8 Å². The van der Waals surface area contributed by atoms with Crippen molar-refractivity contribution in [3.63, 3.8) is 0 Å². The molecule has 1 aromatic carbocycles. The zero-order valence-electron chi connectivity index (χ0n) is 18.1. The number of hydrogen-bond acceptors (Lipinski definition) is 0. The van der Waals surface area contributed by atoms with Crippen LogP contribution in [0.3, 0.4) is 0 Å². The van der Waals surface area contributed by atoms with Crippen LogP contribution in [0.2, 0.25) is 0 Å². The topological polar surface area (TPSA) is 0 Å². The highest BCUT2D eigenvalue weighted by molar-refractivity contribution is 5.30. The lowest BCUT2D eigenvalue weighted by Gasteiger charge is -2.47. The van der Waals surface area contributed by atoms with Crippen molar-refractivity contribution in [3.8, 4) is 0 Å². The fraction of sp³-hybridized carbons (Fsp3) is 0.714. The Bertz CT molecular complexity index is 713. The van der Waals surface area contributed by atoms with Crippen LogP contribution in [0.5, 0.6) is 0 Å². The summed E-state index contributed by atoms with van der Waals surface area (Å²) < 4.78 is 13.5. The van der Waals surface area contributed by atoms with Crippen LogP contribution in [0.15, 0.2) is 30.9 Å². The molecule has 0 nitrogen and oxygen atoms in total. The van der Waals surface area contributed by atoms with Gasteiger partial charge in [-0.05, 0) is 148 Å². The van der Waals surface area contributed by atoms with Crippen LogP contribution >= 0.6 is 0 Å². The van der Waals surface area contributed by atoms with E-state index < -0.39 is 0 Å². The molecular formula is C28H39F. The molecule has 0 amide bonds. The van der Waals surface area contributed by atoms with Gasteiger partial charge >= 0.3 is 0 Å². The summed E-state index contributed by atoms with van der Waals surface area (Å²) in [6.45, 7) is 4.02. The van der Waals surface area contributed by atoms with Crippen molar-refractivity contribution in [2.45, 2.75) is 83.5 Å². The first kappa shape index (κ1) is 19.8. The first-order chi connectivity index (χ1) is 14.2. The molecule has 0 aliphatic heterocycles. The number of rotatable bonds is 3. The van der Waals surface area contributed by atoms with E-state index in [0.717, 1.165) is 47.8 Å². The summed E-state index contributed by atoms with van der Waals surface area (Å²) in [5, 5.41) is 0.